The predicted octanol–water partition coefficient (Wildman–Crippen LogP) is 0.432. The Kier molecular flexibility index (Phi) is 3.34. The van der Waals surface area contributed by atoms with E-state index in [-0.39, 0.29) is 8.41 Å². The van der Waals surface area contributed by atoms with Gasteiger partial charge in [-0.2, -0.15) is 0 Å². The summed E-state index contributed by atoms with van der Waals surface area (Å²) in [5, 5.41) is 0. The maximum atomic E-state index is 2.16. The third-order valence-electron chi connectivity index (χ3n) is 1.53. The molecule has 0 spiro atoms. The maximum absolute atomic E-state index is 2.16. The maximum Gasteiger partial charge on any atom is 0.132 e. The summed E-state index contributed by atoms with van der Waals surface area (Å²) in [5.74, 6) is 0. The van der Waals surface area contributed by atoms with Gasteiger partial charge in [0.05, 0.1) is 21.1 Å². The molecule has 0 saturated carbocycles. The molecule has 0 aliphatic heterocycles. The summed E-state index contributed by atoms with van der Waals surface area (Å²) in [6.07, 6.45) is 0. The number of nitrogens with zero attached hydrogens (tertiary/aromatic N) is 1. The Balaban J connectivity index is 0.000001000. The molecule has 0 aliphatic carbocycles. The Morgan fingerprint density at radius 1 is 0.909 bits per heavy atom. The Morgan fingerprint density at radius 2 is 1.36 bits per heavy atom. The van der Waals surface area contributed by atoms with Crippen molar-refractivity contribution < 1.29 is 0 Å². The zero-order valence-corrected chi connectivity index (χ0v) is 6.83. The van der Waals surface area contributed by atoms with Crippen LogP contribution in [-0.2, 0) is 0 Å². The van der Waals surface area contributed by atoms with Crippen molar-refractivity contribution in [1.29, 1.82) is 0 Å². The van der Waals surface area contributed by atoms with Crippen LogP contribution in [0.1, 0.15) is 0 Å². The van der Waals surface area contributed by atoms with Crippen LogP contribution in [0.3, 0.4) is 0 Å². The normalized spacial score (nSPS) is 10.5. The van der Waals surface area contributed by atoms with E-state index in [0.717, 1.165) is 4.48 Å². The van der Waals surface area contributed by atoms with E-state index < -0.39 is 0 Å². The van der Waals surface area contributed by atoms with Crippen LogP contribution in [-0.4, -0.2) is 29.6 Å². The fourth-order valence-electron chi connectivity index (χ4n) is 0.875. The zero-order chi connectivity index (χ0) is 7.61. The van der Waals surface area contributed by atoms with Crippen molar-refractivity contribution >= 4 is 14.1 Å². The number of quaternary nitrogens is 1. The van der Waals surface area contributed by atoms with Crippen molar-refractivity contribution in [3.05, 3.63) is 30.3 Å². The van der Waals surface area contributed by atoms with E-state index in [4.69, 9.17) is 0 Å². The molecule has 1 aromatic rings. The Bertz CT molecular complexity index is 201. The minimum Gasteiger partial charge on any atom is -0.298 e. The second-order valence-corrected chi connectivity index (χ2v) is 3.35. The van der Waals surface area contributed by atoms with Gasteiger partial charge >= 0.3 is 0 Å². The summed E-state index contributed by atoms with van der Waals surface area (Å²) < 4.78 is 0.890. The quantitative estimate of drug-likeness (QED) is 0.403. The van der Waals surface area contributed by atoms with E-state index in [1.807, 2.05) is 6.07 Å². The van der Waals surface area contributed by atoms with Gasteiger partial charge < -0.3 is 0 Å². The second-order valence-electron chi connectivity index (χ2n) is 3.35. The van der Waals surface area contributed by atoms with Crippen molar-refractivity contribution in [1.82, 2.24) is 4.48 Å². The lowest BCUT2D eigenvalue weighted by molar-refractivity contribution is 0.486. The third-order valence-corrected chi connectivity index (χ3v) is 1.53. The molecular formula is C9H18BN. The first-order valence-corrected chi connectivity index (χ1v) is 3.48. The highest BCUT2D eigenvalue weighted by atomic mass is 15.3. The van der Waals surface area contributed by atoms with Gasteiger partial charge in [0.2, 0.25) is 0 Å². The first-order valence-electron chi connectivity index (χ1n) is 3.48. The van der Waals surface area contributed by atoms with E-state index in [1.54, 1.807) is 0 Å². The summed E-state index contributed by atoms with van der Waals surface area (Å²) in [6.45, 7) is 0. The number of hydrogen-bond donors (Lipinski definition) is 0. The number of benzene rings is 1. The minimum atomic E-state index is 0. The van der Waals surface area contributed by atoms with Gasteiger partial charge in [-0.1, -0.05) is 26.6 Å². The average Bonchev–Trinajstić information content (AvgIpc) is 1.88. The van der Waals surface area contributed by atoms with E-state index in [9.17, 15) is 0 Å². The van der Waals surface area contributed by atoms with Crippen molar-refractivity contribution in [2.45, 2.75) is 0 Å². The fraction of sp³-hybridized carbons (Fsp3) is 0.333. The Hall–Kier alpha value is -0.755. The first kappa shape index (κ1) is 10.2. The Morgan fingerprint density at radius 3 is 1.64 bits per heavy atom. The number of rotatable bonds is 1. The van der Waals surface area contributed by atoms with E-state index in [1.165, 1.54) is 5.69 Å². The molecule has 1 rings (SSSR count). The van der Waals surface area contributed by atoms with Crippen LogP contribution in [0.2, 0.25) is 0 Å². The van der Waals surface area contributed by atoms with Crippen LogP contribution in [0.4, 0.5) is 5.69 Å². The van der Waals surface area contributed by atoms with Crippen molar-refractivity contribution in [3.8, 4) is 0 Å². The van der Waals surface area contributed by atoms with Crippen molar-refractivity contribution in [3.63, 3.8) is 0 Å². The molecule has 0 saturated heterocycles. The summed E-state index contributed by atoms with van der Waals surface area (Å²) in [5.41, 5.74) is 1.34. The highest BCUT2D eigenvalue weighted by Crippen LogP contribution is 2.14. The molecule has 0 atom stereocenters. The van der Waals surface area contributed by atoms with Gasteiger partial charge in [-0.05, 0) is 12.1 Å². The predicted molar refractivity (Wildman–Crippen MR) is 57.3 cm³/mol. The molecule has 0 fully saturated rings. The lowest BCUT2D eigenvalue weighted by Crippen LogP contribution is -2.34. The average molecular weight is 151 g/mol. The van der Waals surface area contributed by atoms with E-state index in [2.05, 4.69) is 45.4 Å². The SMILES string of the molecule is C[N+](C)(C)c1ccccc1.[BH4-]. The standard InChI is InChI=1S/C9H14N.BH4/c1-10(2,3)9-7-5-4-6-8-9;/h4-8H,1-3H3;1H4/q+1;-1. The van der Waals surface area contributed by atoms with Crippen LogP contribution < -0.4 is 4.48 Å². The fourth-order valence-corrected chi connectivity index (χ4v) is 0.875. The van der Waals surface area contributed by atoms with Crippen LogP contribution in [0, 0.1) is 0 Å². The number of para-hydroxylation sites is 1. The molecule has 0 heterocycles. The van der Waals surface area contributed by atoms with Crippen LogP contribution in [0.5, 0.6) is 0 Å². The second kappa shape index (κ2) is 3.58. The molecule has 0 unspecified atom stereocenters. The summed E-state index contributed by atoms with van der Waals surface area (Å²) >= 11 is 0. The van der Waals surface area contributed by atoms with Gasteiger partial charge in [0.25, 0.3) is 0 Å². The van der Waals surface area contributed by atoms with E-state index in [0.29, 0.717) is 0 Å². The highest BCUT2D eigenvalue weighted by Gasteiger charge is 2.08. The third kappa shape index (κ3) is 2.77. The minimum absolute atomic E-state index is 0. The smallest absolute Gasteiger partial charge is 0.132 e. The molecule has 0 bridgehead atoms. The molecule has 0 radical (unpaired) electrons. The largest absolute Gasteiger partial charge is 0.298 e. The zero-order valence-electron chi connectivity index (χ0n) is 6.83. The summed E-state index contributed by atoms with van der Waals surface area (Å²) in [4.78, 5) is 0. The van der Waals surface area contributed by atoms with Gasteiger partial charge in [-0.25, -0.2) is 0 Å². The van der Waals surface area contributed by atoms with Gasteiger partial charge in [0, 0.05) is 0 Å². The van der Waals surface area contributed by atoms with Gasteiger partial charge in [0.15, 0.2) is 0 Å². The Labute approximate surface area is 70.8 Å². The highest BCUT2D eigenvalue weighted by molar-refractivity contribution is 5.75. The summed E-state index contributed by atoms with van der Waals surface area (Å²) in [7, 11) is 6.49. The molecule has 0 N–H and O–H groups in total. The first-order chi connectivity index (χ1) is 4.61. The van der Waals surface area contributed by atoms with Crippen LogP contribution in [0.15, 0.2) is 30.3 Å². The van der Waals surface area contributed by atoms with Gasteiger partial charge in [0.1, 0.15) is 5.69 Å². The van der Waals surface area contributed by atoms with Crippen LogP contribution in [0.25, 0.3) is 0 Å². The molecular weight excluding hydrogens is 133 g/mol. The lowest BCUT2D eigenvalue weighted by atomic mass is 10.3. The monoisotopic (exact) mass is 151 g/mol. The molecule has 11 heavy (non-hydrogen) atoms. The van der Waals surface area contributed by atoms with E-state index >= 15 is 0 Å². The molecule has 2 heteroatoms. The molecule has 0 aliphatic rings. The van der Waals surface area contributed by atoms with Gasteiger partial charge in [-0.3, -0.25) is 4.48 Å². The topological polar surface area (TPSA) is 0 Å². The molecule has 62 valence electrons. The van der Waals surface area contributed by atoms with Crippen molar-refractivity contribution in [2.75, 3.05) is 21.1 Å². The number of hydrogen-bond acceptors (Lipinski definition) is 0. The molecule has 0 amide bonds. The molecule has 0 aromatic heterocycles. The van der Waals surface area contributed by atoms with Crippen LogP contribution >= 0.6 is 0 Å². The van der Waals surface area contributed by atoms with Crippen molar-refractivity contribution in [2.24, 2.45) is 0 Å². The summed E-state index contributed by atoms with van der Waals surface area (Å²) in [6, 6.07) is 10.5. The lowest BCUT2D eigenvalue weighted by Gasteiger charge is -2.22. The molecule has 1 aromatic carbocycles. The van der Waals surface area contributed by atoms with Gasteiger partial charge in [-0.15, -0.1) is 0 Å². The molecule has 1 nitrogen and oxygen atoms in total.